The first-order valence-electron chi connectivity index (χ1n) is 10.8. The van der Waals surface area contributed by atoms with Gasteiger partial charge >= 0.3 is 6.18 Å². The van der Waals surface area contributed by atoms with Crippen LogP contribution in [0.5, 0.6) is 0 Å². The molecule has 184 valence electrons. The van der Waals surface area contributed by atoms with Crippen LogP contribution < -0.4 is 15.8 Å². The highest BCUT2D eigenvalue weighted by molar-refractivity contribution is 5.50. The Morgan fingerprint density at radius 1 is 1.37 bits per heavy atom. The van der Waals surface area contributed by atoms with Gasteiger partial charge in [-0.25, -0.2) is 14.8 Å². The molecule has 2 atom stereocenters. The molecule has 0 amide bonds. The lowest BCUT2D eigenvalue weighted by Gasteiger charge is -2.18. The van der Waals surface area contributed by atoms with Gasteiger partial charge in [-0.1, -0.05) is 5.21 Å². The van der Waals surface area contributed by atoms with Crippen LogP contribution in [0.4, 0.5) is 24.7 Å². The summed E-state index contributed by atoms with van der Waals surface area (Å²) in [7, 11) is 0. The average Bonchev–Trinajstić information content (AvgIpc) is 3.48. The summed E-state index contributed by atoms with van der Waals surface area (Å²) in [5.41, 5.74) is -1.96. The van der Waals surface area contributed by atoms with E-state index in [1.807, 2.05) is 12.1 Å². The standard InChI is InChI=1S/C21H22F3N9O2/c1-13(28-17-8-27-30-20(34)19(17)21(22,23)24)11-35-12-15-9-33(31-29-15)16-4-5-32(10-16)18-3-2-14(6-25)7-26-18/h2-3,7-9,13,16H,4-5,10-12H2,1H3,(H2,28,30,34). The number of halogens is 3. The molecule has 4 rings (SSSR count). The van der Waals surface area contributed by atoms with E-state index in [2.05, 4.69) is 30.6 Å². The minimum Gasteiger partial charge on any atom is -0.378 e. The lowest BCUT2D eigenvalue weighted by atomic mass is 10.2. The first-order valence-corrected chi connectivity index (χ1v) is 10.8. The molecule has 14 heteroatoms. The molecule has 3 aromatic heterocycles. The third-order valence-corrected chi connectivity index (χ3v) is 5.46. The largest absolute Gasteiger partial charge is 0.423 e. The first-order chi connectivity index (χ1) is 16.7. The van der Waals surface area contributed by atoms with E-state index >= 15 is 0 Å². The van der Waals surface area contributed by atoms with E-state index in [1.54, 1.807) is 35.2 Å². The smallest absolute Gasteiger partial charge is 0.378 e. The van der Waals surface area contributed by atoms with Crippen LogP contribution in [0.3, 0.4) is 0 Å². The molecule has 3 aromatic rings. The molecular weight excluding hydrogens is 467 g/mol. The zero-order valence-electron chi connectivity index (χ0n) is 18.7. The van der Waals surface area contributed by atoms with E-state index in [1.165, 1.54) is 0 Å². The van der Waals surface area contributed by atoms with Gasteiger partial charge in [-0.3, -0.25) is 4.79 Å². The Morgan fingerprint density at radius 3 is 2.91 bits per heavy atom. The number of alkyl halides is 3. The molecule has 0 aliphatic carbocycles. The first kappa shape index (κ1) is 24.1. The second-order valence-electron chi connectivity index (χ2n) is 8.14. The zero-order valence-corrected chi connectivity index (χ0v) is 18.7. The van der Waals surface area contributed by atoms with Gasteiger partial charge in [0.2, 0.25) is 0 Å². The van der Waals surface area contributed by atoms with E-state index in [-0.39, 0.29) is 19.3 Å². The Balaban J connectivity index is 1.28. The van der Waals surface area contributed by atoms with Gasteiger partial charge in [0.1, 0.15) is 23.1 Å². The van der Waals surface area contributed by atoms with Crippen molar-refractivity contribution in [2.24, 2.45) is 0 Å². The van der Waals surface area contributed by atoms with Gasteiger partial charge in [-0.2, -0.15) is 23.5 Å². The zero-order chi connectivity index (χ0) is 25.0. The number of hydrogen-bond acceptors (Lipinski definition) is 9. The Morgan fingerprint density at radius 2 is 2.20 bits per heavy atom. The van der Waals surface area contributed by atoms with Crippen molar-refractivity contribution in [3.05, 3.63) is 57.9 Å². The fraction of sp³-hybridized carbons (Fsp3) is 0.429. The maximum absolute atomic E-state index is 13.2. The van der Waals surface area contributed by atoms with E-state index < -0.39 is 29.0 Å². The maximum atomic E-state index is 13.2. The van der Waals surface area contributed by atoms with Crippen LogP contribution in [0, 0.1) is 11.3 Å². The number of anilines is 2. The number of ether oxygens (including phenoxy) is 1. The summed E-state index contributed by atoms with van der Waals surface area (Å²) in [6.07, 6.45) is 0.271. The summed E-state index contributed by atoms with van der Waals surface area (Å²) in [6.45, 7) is 3.30. The predicted octanol–water partition coefficient (Wildman–Crippen LogP) is 2.12. The molecule has 35 heavy (non-hydrogen) atoms. The van der Waals surface area contributed by atoms with Gasteiger partial charge in [0, 0.05) is 25.3 Å². The van der Waals surface area contributed by atoms with Crippen LogP contribution in [0.1, 0.15) is 36.2 Å². The van der Waals surface area contributed by atoms with Crippen LogP contribution >= 0.6 is 0 Å². The molecule has 0 spiro atoms. The van der Waals surface area contributed by atoms with Crippen LogP contribution in [-0.2, 0) is 17.5 Å². The third kappa shape index (κ3) is 5.75. The number of aromatic nitrogens is 6. The highest BCUT2D eigenvalue weighted by Crippen LogP contribution is 2.31. The van der Waals surface area contributed by atoms with E-state index in [4.69, 9.17) is 10.00 Å². The van der Waals surface area contributed by atoms with Crippen molar-refractivity contribution in [3.63, 3.8) is 0 Å². The summed E-state index contributed by atoms with van der Waals surface area (Å²) in [5, 5.41) is 25.0. The summed E-state index contributed by atoms with van der Waals surface area (Å²) in [5.74, 6) is 0.793. The second kappa shape index (κ2) is 10.1. The number of nitrogens with zero attached hydrogens (tertiary/aromatic N) is 7. The lowest BCUT2D eigenvalue weighted by molar-refractivity contribution is -0.138. The van der Waals surface area contributed by atoms with Gasteiger partial charge < -0.3 is 15.0 Å². The molecule has 1 aliphatic heterocycles. The van der Waals surface area contributed by atoms with Gasteiger partial charge in [0.05, 0.1) is 42.9 Å². The fourth-order valence-electron chi connectivity index (χ4n) is 3.80. The number of aromatic amines is 1. The van der Waals surface area contributed by atoms with Gasteiger partial charge in [-0.15, -0.1) is 5.10 Å². The number of rotatable bonds is 8. The number of nitriles is 1. The van der Waals surface area contributed by atoms with Crippen molar-refractivity contribution in [3.8, 4) is 6.07 Å². The van der Waals surface area contributed by atoms with E-state index in [9.17, 15) is 18.0 Å². The monoisotopic (exact) mass is 489 g/mol. The number of H-pyrrole nitrogens is 1. The fourth-order valence-corrected chi connectivity index (χ4v) is 3.80. The van der Waals surface area contributed by atoms with Crippen molar-refractivity contribution in [2.75, 3.05) is 29.9 Å². The van der Waals surface area contributed by atoms with Crippen molar-refractivity contribution in [1.82, 2.24) is 30.2 Å². The Labute approximate surface area is 197 Å². The quantitative estimate of drug-likeness (QED) is 0.487. The molecule has 11 nitrogen and oxygen atoms in total. The highest BCUT2D eigenvalue weighted by atomic mass is 19.4. The van der Waals surface area contributed by atoms with E-state index in [0.29, 0.717) is 17.8 Å². The molecule has 1 saturated heterocycles. The van der Waals surface area contributed by atoms with Crippen molar-refractivity contribution >= 4 is 11.5 Å². The van der Waals surface area contributed by atoms with Crippen LogP contribution in [-0.4, -0.2) is 55.9 Å². The second-order valence-corrected chi connectivity index (χ2v) is 8.14. The average molecular weight is 489 g/mol. The molecule has 0 saturated carbocycles. The summed E-state index contributed by atoms with van der Waals surface area (Å²) in [6, 6.07) is 5.16. The lowest BCUT2D eigenvalue weighted by Crippen LogP contribution is -2.29. The van der Waals surface area contributed by atoms with Crippen molar-refractivity contribution < 1.29 is 17.9 Å². The van der Waals surface area contributed by atoms with Crippen LogP contribution in [0.2, 0.25) is 0 Å². The minimum atomic E-state index is -4.82. The summed E-state index contributed by atoms with van der Waals surface area (Å²) < 4.78 is 46.8. The van der Waals surface area contributed by atoms with Gasteiger partial charge in [0.25, 0.3) is 5.56 Å². The summed E-state index contributed by atoms with van der Waals surface area (Å²) >= 11 is 0. The van der Waals surface area contributed by atoms with Crippen molar-refractivity contribution in [1.29, 1.82) is 5.26 Å². The Hall–Kier alpha value is -3.99. The molecule has 1 aliphatic rings. The maximum Gasteiger partial charge on any atom is 0.423 e. The normalized spacial score (nSPS) is 16.8. The molecule has 0 bridgehead atoms. The SMILES string of the molecule is CC(COCc1cn(C2CCN(c3ccc(C#N)cn3)C2)nn1)Nc1cn[nH]c(=O)c1C(F)(F)F. The number of nitrogens with one attached hydrogen (secondary N) is 2. The number of hydrogen-bond donors (Lipinski definition) is 2. The van der Waals surface area contributed by atoms with Gasteiger partial charge in [-0.05, 0) is 25.5 Å². The van der Waals surface area contributed by atoms with E-state index in [0.717, 1.165) is 25.0 Å². The molecule has 1 fully saturated rings. The Kier molecular flexibility index (Phi) is 6.97. The third-order valence-electron chi connectivity index (χ3n) is 5.46. The molecule has 2 unspecified atom stereocenters. The number of pyridine rings is 1. The molecule has 4 heterocycles. The Bertz CT molecular complexity index is 1250. The van der Waals surface area contributed by atoms with Crippen LogP contribution in [0.25, 0.3) is 0 Å². The van der Waals surface area contributed by atoms with Gasteiger partial charge in [0.15, 0.2) is 0 Å². The highest BCUT2D eigenvalue weighted by Gasteiger charge is 2.37. The molecule has 0 radical (unpaired) electrons. The predicted molar refractivity (Wildman–Crippen MR) is 117 cm³/mol. The molecule has 2 N–H and O–H groups in total. The topological polar surface area (TPSA) is 138 Å². The van der Waals surface area contributed by atoms with Crippen LogP contribution in [0.15, 0.2) is 35.5 Å². The summed E-state index contributed by atoms with van der Waals surface area (Å²) in [4.78, 5) is 18.0. The molecular formula is C21H22F3N9O2. The van der Waals surface area contributed by atoms with Crippen molar-refractivity contribution in [2.45, 2.75) is 38.2 Å². The molecule has 0 aromatic carbocycles. The minimum absolute atomic E-state index is 0.0680.